The van der Waals surface area contributed by atoms with Crippen LogP contribution >= 0.6 is 11.6 Å². The quantitative estimate of drug-likeness (QED) is 0.621. The minimum Gasteiger partial charge on any atom is -0.373 e. The van der Waals surface area contributed by atoms with E-state index in [1.807, 2.05) is 0 Å². The third kappa shape index (κ3) is 2.77. The Kier molecular flexibility index (Phi) is 4.41. The number of nitrogens with zero attached hydrogens (tertiary/aromatic N) is 3. The summed E-state index contributed by atoms with van der Waals surface area (Å²) in [5.74, 6) is 1.65. The Morgan fingerprint density at radius 1 is 1.30 bits per heavy atom. The van der Waals surface area contributed by atoms with Crippen LogP contribution in [0, 0.1) is 0 Å². The van der Waals surface area contributed by atoms with Crippen LogP contribution in [0.2, 0.25) is 0 Å². The van der Waals surface area contributed by atoms with Crippen molar-refractivity contribution in [3.8, 4) is 0 Å². The zero-order chi connectivity index (χ0) is 13.9. The van der Waals surface area contributed by atoms with Crippen LogP contribution in [-0.2, 0) is 17.6 Å². The Morgan fingerprint density at radius 2 is 2.15 bits per heavy atom. The van der Waals surface area contributed by atoms with Gasteiger partial charge in [0, 0.05) is 17.8 Å². The first kappa shape index (κ1) is 14.1. The first-order chi connectivity index (χ1) is 9.79. The maximum Gasteiger partial charge on any atom is 0.135 e. The van der Waals surface area contributed by atoms with E-state index in [9.17, 15) is 0 Å². The summed E-state index contributed by atoms with van der Waals surface area (Å²) in [6, 6.07) is 0.344. The number of hydrogen-bond acceptors (Lipinski definition) is 4. The SMILES string of the molecule is CC1COC(CCl)CN1c1ncnc2c1CCCCC2. The van der Waals surface area contributed by atoms with Crippen molar-refractivity contribution >= 4 is 17.4 Å². The largest absolute Gasteiger partial charge is 0.373 e. The van der Waals surface area contributed by atoms with Gasteiger partial charge in [-0.25, -0.2) is 9.97 Å². The molecule has 3 rings (SSSR count). The van der Waals surface area contributed by atoms with Gasteiger partial charge in [-0.2, -0.15) is 0 Å². The molecule has 5 heteroatoms. The number of morpholine rings is 1. The lowest BCUT2D eigenvalue weighted by Crippen LogP contribution is -2.49. The molecule has 0 amide bonds. The topological polar surface area (TPSA) is 38.2 Å². The van der Waals surface area contributed by atoms with Gasteiger partial charge in [0.2, 0.25) is 0 Å². The molecule has 2 atom stereocenters. The molecule has 1 aliphatic heterocycles. The lowest BCUT2D eigenvalue weighted by atomic mass is 10.1. The molecule has 0 N–H and O–H groups in total. The minimum absolute atomic E-state index is 0.101. The summed E-state index contributed by atoms with van der Waals surface area (Å²) in [5.41, 5.74) is 2.60. The maximum atomic E-state index is 5.97. The molecule has 1 aliphatic carbocycles. The molecule has 0 saturated carbocycles. The molecule has 2 unspecified atom stereocenters. The van der Waals surface area contributed by atoms with E-state index >= 15 is 0 Å². The standard InChI is InChI=1S/C15H22ClN3O/c1-11-9-20-12(7-16)8-19(11)15-13-5-3-2-4-6-14(13)17-10-18-15/h10-12H,2-9H2,1H3. The number of anilines is 1. The van der Waals surface area contributed by atoms with E-state index in [1.165, 1.54) is 30.5 Å². The summed E-state index contributed by atoms with van der Waals surface area (Å²) in [4.78, 5) is 11.5. The monoisotopic (exact) mass is 295 g/mol. The highest BCUT2D eigenvalue weighted by Gasteiger charge is 2.29. The predicted molar refractivity (Wildman–Crippen MR) is 80.6 cm³/mol. The molecule has 2 heterocycles. The highest BCUT2D eigenvalue weighted by atomic mass is 35.5. The summed E-state index contributed by atoms with van der Waals surface area (Å²) in [6.45, 7) is 3.74. The van der Waals surface area contributed by atoms with Crippen molar-refractivity contribution in [3.05, 3.63) is 17.6 Å². The first-order valence-corrected chi connectivity index (χ1v) is 8.10. The van der Waals surface area contributed by atoms with Crippen LogP contribution in [-0.4, -0.2) is 41.1 Å². The highest BCUT2D eigenvalue weighted by Crippen LogP contribution is 2.29. The zero-order valence-electron chi connectivity index (χ0n) is 12.0. The number of fused-ring (bicyclic) bond motifs is 1. The van der Waals surface area contributed by atoms with Gasteiger partial charge in [0.05, 0.1) is 24.6 Å². The molecule has 0 bridgehead atoms. The van der Waals surface area contributed by atoms with Gasteiger partial charge < -0.3 is 9.64 Å². The molecule has 0 aromatic carbocycles. The third-order valence-corrected chi connectivity index (χ3v) is 4.65. The van der Waals surface area contributed by atoms with Gasteiger partial charge in [-0.3, -0.25) is 0 Å². The second kappa shape index (κ2) is 6.27. The van der Waals surface area contributed by atoms with E-state index in [4.69, 9.17) is 16.3 Å². The molecule has 0 spiro atoms. The number of aryl methyl sites for hydroxylation is 1. The Balaban J connectivity index is 1.92. The van der Waals surface area contributed by atoms with Gasteiger partial charge >= 0.3 is 0 Å². The average Bonchev–Trinajstić information content (AvgIpc) is 2.73. The molecular weight excluding hydrogens is 274 g/mol. The number of rotatable bonds is 2. The van der Waals surface area contributed by atoms with Crippen molar-refractivity contribution < 1.29 is 4.74 Å². The van der Waals surface area contributed by atoms with Crippen LogP contribution in [0.1, 0.15) is 37.4 Å². The zero-order valence-corrected chi connectivity index (χ0v) is 12.8. The minimum atomic E-state index is 0.101. The average molecular weight is 296 g/mol. The molecular formula is C15H22ClN3O. The van der Waals surface area contributed by atoms with Crippen molar-refractivity contribution in [2.24, 2.45) is 0 Å². The van der Waals surface area contributed by atoms with E-state index in [0.717, 1.165) is 31.8 Å². The molecule has 1 aromatic rings. The van der Waals surface area contributed by atoms with Crippen LogP contribution in [0.15, 0.2) is 6.33 Å². The second-order valence-electron chi connectivity index (χ2n) is 5.79. The fourth-order valence-electron chi connectivity index (χ4n) is 3.13. The molecule has 2 aliphatic rings. The van der Waals surface area contributed by atoms with Crippen molar-refractivity contribution in [2.45, 2.75) is 51.2 Å². The van der Waals surface area contributed by atoms with E-state index < -0.39 is 0 Å². The maximum absolute atomic E-state index is 5.97. The molecule has 1 fully saturated rings. The van der Waals surface area contributed by atoms with Crippen LogP contribution in [0.25, 0.3) is 0 Å². The van der Waals surface area contributed by atoms with Gasteiger partial charge in [-0.05, 0) is 32.6 Å². The lowest BCUT2D eigenvalue weighted by Gasteiger charge is -2.39. The molecule has 20 heavy (non-hydrogen) atoms. The van der Waals surface area contributed by atoms with Gasteiger partial charge in [0.25, 0.3) is 0 Å². The Bertz CT molecular complexity index is 468. The summed E-state index contributed by atoms with van der Waals surface area (Å²) in [5, 5.41) is 0. The van der Waals surface area contributed by atoms with E-state index in [-0.39, 0.29) is 6.10 Å². The van der Waals surface area contributed by atoms with Crippen LogP contribution in [0.4, 0.5) is 5.82 Å². The molecule has 4 nitrogen and oxygen atoms in total. The van der Waals surface area contributed by atoms with Gasteiger partial charge in [0.15, 0.2) is 0 Å². The van der Waals surface area contributed by atoms with E-state index in [2.05, 4.69) is 21.8 Å². The highest BCUT2D eigenvalue weighted by molar-refractivity contribution is 6.18. The van der Waals surface area contributed by atoms with Gasteiger partial charge in [-0.15, -0.1) is 11.6 Å². The molecule has 0 radical (unpaired) electrons. The fourth-order valence-corrected chi connectivity index (χ4v) is 3.32. The van der Waals surface area contributed by atoms with Crippen LogP contribution < -0.4 is 4.90 Å². The smallest absolute Gasteiger partial charge is 0.135 e. The second-order valence-corrected chi connectivity index (χ2v) is 6.10. The summed E-state index contributed by atoms with van der Waals surface area (Å²) >= 11 is 5.97. The van der Waals surface area contributed by atoms with Gasteiger partial charge in [0.1, 0.15) is 12.1 Å². The van der Waals surface area contributed by atoms with Crippen LogP contribution in [0.3, 0.4) is 0 Å². The molecule has 1 aromatic heterocycles. The normalized spacial score (nSPS) is 27.0. The molecule has 1 saturated heterocycles. The third-order valence-electron chi connectivity index (χ3n) is 4.30. The Hall–Kier alpha value is -0.870. The lowest BCUT2D eigenvalue weighted by molar-refractivity contribution is 0.0360. The first-order valence-electron chi connectivity index (χ1n) is 7.56. The number of alkyl halides is 1. The van der Waals surface area contributed by atoms with Crippen molar-refractivity contribution in [2.75, 3.05) is 23.9 Å². The summed E-state index contributed by atoms with van der Waals surface area (Å²) in [6.07, 6.45) is 7.78. The summed E-state index contributed by atoms with van der Waals surface area (Å²) in [7, 11) is 0. The van der Waals surface area contributed by atoms with E-state index in [0.29, 0.717) is 11.9 Å². The van der Waals surface area contributed by atoms with Crippen LogP contribution in [0.5, 0.6) is 0 Å². The molecule has 110 valence electrons. The summed E-state index contributed by atoms with van der Waals surface area (Å²) < 4.78 is 5.74. The number of aromatic nitrogens is 2. The van der Waals surface area contributed by atoms with E-state index in [1.54, 1.807) is 6.33 Å². The number of ether oxygens (including phenoxy) is 1. The van der Waals surface area contributed by atoms with Crippen molar-refractivity contribution in [1.82, 2.24) is 9.97 Å². The number of hydrogen-bond donors (Lipinski definition) is 0. The predicted octanol–water partition coefficient (Wildman–Crippen LogP) is 2.58. The Morgan fingerprint density at radius 3 is 3.00 bits per heavy atom. The fraction of sp³-hybridized carbons (Fsp3) is 0.733. The van der Waals surface area contributed by atoms with Crippen molar-refractivity contribution in [3.63, 3.8) is 0 Å². The Labute approximate surface area is 125 Å². The van der Waals surface area contributed by atoms with Gasteiger partial charge in [-0.1, -0.05) is 6.42 Å². The van der Waals surface area contributed by atoms with Crippen molar-refractivity contribution in [1.29, 1.82) is 0 Å². The number of halogens is 1.